The highest BCUT2D eigenvalue weighted by Gasteiger charge is 2.44. The molecule has 6 nitrogen and oxygen atoms in total. The lowest BCUT2D eigenvalue weighted by Crippen LogP contribution is -2.40. The minimum Gasteiger partial charge on any atom is -0.461 e. The standard InChI is InChI=1S/C24H31NO5/c1-4-6-19(7-5-2)22(27)29-16-24(15-26)14-20(23(28)30-24)12-17-8-9-18-10-11-25(3)21(18)13-17/h8-13,19,26H,4-7,14-16H2,1-3H3/b20-12+. The maximum absolute atomic E-state index is 12.5. The molecule has 3 rings (SSSR count). The molecule has 1 fully saturated rings. The fourth-order valence-corrected chi connectivity index (χ4v) is 4.01. The third-order valence-corrected chi connectivity index (χ3v) is 5.71. The Kier molecular flexibility index (Phi) is 6.98. The van der Waals surface area contributed by atoms with Crippen molar-refractivity contribution in [3.63, 3.8) is 0 Å². The molecule has 0 spiro atoms. The highest BCUT2D eigenvalue weighted by Crippen LogP contribution is 2.33. The van der Waals surface area contributed by atoms with E-state index >= 15 is 0 Å². The summed E-state index contributed by atoms with van der Waals surface area (Å²) in [5, 5.41) is 11.1. The number of rotatable bonds is 9. The van der Waals surface area contributed by atoms with Crippen LogP contribution < -0.4 is 0 Å². The Balaban J connectivity index is 1.72. The van der Waals surface area contributed by atoms with Crippen molar-refractivity contribution in [2.45, 2.75) is 51.6 Å². The number of hydrogen-bond acceptors (Lipinski definition) is 5. The normalized spacial score (nSPS) is 20.3. The van der Waals surface area contributed by atoms with E-state index in [4.69, 9.17) is 9.47 Å². The molecule has 0 saturated carbocycles. The Bertz CT molecular complexity index is 938. The fourth-order valence-electron chi connectivity index (χ4n) is 4.01. The van der Waals surface area contributed by atoms with Crippen LogP contribution in [0.25, 0.3) is 17.0 Å². The highest BCUT2D eigenvalue weighted by atomic mass is 16.6. The largest absolute Gasteiger partial charge is 0.461 e. The van der Waals surface area contributed by atoms with Crippen LogP contribution in [0.4, 0.5) is 0 Å². The fraction of sp³-hybridized carbons (Fsp3) is 0.500. The van der Waals surface area contributed by atoms with Crippen LogP contribution in [-0.4, -0.2) is 40.4 Å². The molecule has 1 aromatic carbocycles. The van der Waals surface area contributed by atoms with Crippen molar-refractivity contribution in [1.29, 1.82) is 0 Å². The summed E-state index contributed by atoms with van der Waals surface area (Å²) in [5.41, 5.74) is 1.20. The first-order valence-corrected chi connectivity index (χ1v) is 10.7. The minimum absolute atomic E-state index is 0.133. The molecule has 1 aromatic heterocycles. The average molecular weight is 414 g/mol. The Morgan fingerprint density at radius 3 is 2.70 bits per heavy atom. The van der Waals surface area contributed by atoms with Gasteiger partial charge in [0.2, 0.25) is 0 Å². The molecule has 1 N–H and O–H groups in total. The van der Waals surface area contributed by atoms with Crippen molar-refractivity contribution < 1.29 is 24.2 Å². The second kappa shape index (κ2) is 9.47. The molecule has 1 saturated heterocycles. The van der Waals surface area contributed by atoms with Crippen molar-refractivity contribution in [2.24, 2.45) is 13.0 Å². The number of carbonyl (C=O) groups excluding carboxylic acids is 2. The molecule has 30 heavy (non-hydrogen) atoms. The SMILES string of the molecule is CCCC(CCC)C(=O)OCC1(CO)C/C(=C\c2ccc3ccn(C)c3c2)C(=O)O1. The summed E-state index contributed by atoms with van der Waals surface area (Å²) in [6.45, 7) is 3.54. The maximum Gasteiger partial charge on any atom is 0.334 e. The first-order valence-electron chi connectivity index (χ1n) is 10.7. The number of aliphatic hydroxyl groups is 1. The van der Waals surface area contributed by atoms with Crippen LogP contribution in [0.3, 0.4) is 0 Å². The average Bonchev–Trinajstić information content (AvgIpc) is 3.26. The predicted octanol–water partition coefficient (Wildman–Crippen LogP) is 4.00. The summed E-state index contributed by atoms with van der Waals surface area (Å²) < 4.78 is 13.0. The number of aromatic nitrogens is 1. The van der Waals surface area contributed by atoms with E-state index in [1.807, 2.05) is 55.9 Å². The van der Waals surface area contributed by atoms with Gasteiger partial charge >= 0.3 is 11.9 Å². The Morgan fingerprint density at radius 2 is 2.03 bits per heavy atom. The number of hydrogen-bond donors (Lipinski definition) is 1. The molecular formula is C24H31NO5. The van der Waals surface area contributed by atoms with Crippen molar-refractivity contribution in [3.8, 4) is 0 Å². The second-order valence-corrected chi connectivity index (χ2v) is 8.20. The molecule has 0 radical (unpaired) electrons. The van der Waals surface area contributed by atoms with E-state index in [0.717, 1.165) is 42.1 Å². The molecule has 1 unspecified atom stereocenters. The van der Waals surface area contributed by atoms with Crippen LogP contribution in [0.2, 0.25) is 0 Å². The van der Waals surface area contributed by atoms with Gasteiger partial charge in [0.15, 0.2) is 5.60 Å². The van der Waals surface area contributed by atoms with E-state index < -0.39 is 18.2 Å². The topological polar surface area (TPSA) is 77.8 Å². The van der Waals surface area contributed by atoms with Gasteiger partial charge in [-0.1, -0.05) is 38.8 Å². The molecule has 1 atom stereocenters. The van der Waals surface area contributed by atoms with Crippen molar-refractivity contribution in [2.75, 3.05) is 13.2 Å². The number of aryl methyl sites for hydroxylation is 1. The molecule has 162 valence electrons. The number of cyclic esters (lactones) is 1. The first-order chi connectivity index (χ1) is 14.4. The molecule has 1 aliphatic rings. The summed E-state index contributed by atoms with van der Waals surface area (Å²) in [4.78, 5) is 24.9. The highest BCUT2D eigenvalue weighted by molar-refractivity contribution is 5.97. The van der Waals surface area contributed by atoms with Gasteiger partial charge in [0.25, 0.3) is 0 Å². The number of aliphatic hydroxyl groups excluding tert-OH is 1. The van der Waals surface area contributed by atoms with Gasteiger partial charge in [-0.15, -0.1) is 0 Å². The van der Waals surface area contributed by atoms with Crippen LogP contribution >= 0.6 is 0 Å². The van der Waals surface area contributed by atoms with Crippen molar-refractivity contribution in [1.82, 2.24) is 4.57 Å². The smallest absolute Gasteiger partial charge is 0.334 e. The summed E-state index contributed by atoms with van der Waals surface area (Å²) in [6.07, 6.45) is 7.31. The monoisotopic (exact) mass is 413 g/mol. The molecule has 0 aliphatic carbocycles. The van der Waals surface area contributed by atoms with E-state index in [9.17, 15) is 14.7 Å². The maximum atomic E-state index is 12.5. The zero-order valence-corrected chi connectivity index (χ0v) is 18.0. The minimum atomic E-state index is -1.21. The number of esters is 2. The van der Waals surface area contributed by atoms with Gasteiger partial charge in [0.05, 0.1) is 12.5 Å². The summed E-state index contributed by atoms with van der Waals surface area (Å²) >= 11 is 0. The summed E-state index contributed by atoms with van der Waals surface area (Å²) in [7, 11) is 1.97. The Labute approximate surface area is 177 Å². The van der Waals surface area contributed by atoms with Crippen LogP contribution in [0.5, 0.6) is 0 Å². The number of carbonyl (C=O) groups is 2. The third kappa shape index (κ3) is 4.75. The zero-order valence-electron chi connectivity index (χ0n) is 18.0. The Morgan fingerprint density at radius 1 is 1.30 bits per heavy atom. The van der Waals surface area contributed by atoms with Crippen molar-refractivity contribution in [3.05, 3.63) is 41.6 Å². The van der Waals surface area contributed by atoms with E-state index in [-0.39, 0.29) is 24.9 Å². The van der Waals surface area contributed by atoms with Crippen LogP contribution in [0.15, 0.2) is 36.0 Å². The van der Waals surface area contributed by atoms with Gasteiger partial charge in [0, 0.05) is 30.8 Å². The molecule has 1 aliphatic heterocycles. The van der Waals surface area contributed by atoms with E-state index in [1.54, 1.807) is 6.08 Å². The van der Waals surface area contributed by atoms with Gasteiger partial charge in [-0.3, -0.25) is 4.79 Å². The lowest BCUT2D eigenvalue weighted by Gasteiger charge is -2.25. The number of benzene rings is 1. The number of nitrogens with zero attached hydrogens (tertiary/aromatic N) is 1. The molecule has 0 bridgehead atoms. The zero-order chi connectivity index (χ0) is 21.7. The molecular weight excluding hydrogens is 382 g/mol. The van der Waals surface area contributed by atoms with E-state index in [1.165, 1.54) is 0 Å². The lowest BCUT2D eigenvalue weighted by molar-refractivity contribution is -0.169. The number of fused-ring (bicyclic) bond motifs is 1. The van der Waals surface area contributed by atoms with Crippen molar-refractivity contribution >= 4 is 28.9 Å². The van der Waals surface area contributed by atoms with Crippen LogP contribution in [-0.2, 0) is 26.1 Å². The first kappa shape index (κ1) is 22.1. The van der Waals surface area contributed by atoms with Gasteiger partial charge < -0.3 is 19.1 Å². The Hall–Kier alpha value is -2.60. The van der Waals surface area contributed by atoms with E-state index in [0.29, 0.717) is 5.57 Å². The van der Waals surface area contributed by atoms with E-state index in [2.05, 4.69) is 0 Å². The molecule has 2 aromatic rings. The van der Waals surface area contributed by atoms with Gasteiger partial charge in [-0.2, -0.15) is 0 Å². The quantitative estimate of drug-likeness (QED) is 0.497. The third-order valence-electron chi connectivity index (χ3n) is 5.71. The van der Waals surface area contributed by atoms with Gasteiger partial charge in [-0.25, -0.2) is 4.79 Å². The van der Waals surface area contributed by atoms with Gasteiger partial charge in [-0.05, 0) is 42.0 Å². The second-order valence-electron chi connectivity index (χ2n) is 8.20. The van der Waals surface area contributed by atoms with Crippen LogP contribution in [0.1, 0.15) is 51.5 Å². The molecule has 6 heteroatoms. The summed E-state index contributed by atoms with van der Waals surface area (Å²) in [6, 6.07) is 7.99. The number of ether oxygens (including phenoxy) is 2. The predicted molar refractivity (Wildman–Crippen MR) is 116 cm³/mol. The lowest BCUT2D eigenvalue weighted by atomic mass is 9.97. The summed E-state index contributed by atoms with van der Waals surface area (Å²) in [5.74, 6) is -0.917. The molecule has 2 heterocycles. The van der Waals surface area contributed by atoms with Gasteiger partial charge in [0.1, 0.15) is 6.61 Å². The van der Waals surface area contributed by atoms with Crippen LogP contribution in [0, 0.1) is 5.92 Å². The molecule has 0 amide bonds.